The first-order valence-corrected chi connectivity index (χ1v) is 6.45. The van der Waals surface area contributed by atoms with Gasteiger partial charge in [-0.2, -0.15) is 4.98 Å². The monoisotopic (exact) mass is 315 g/mol. The highest BCUT2D eigenvalue weighted by Crippen LogP contribution is 2.26. The second kappa shape index (κ2) is 4.85. The molecular formula is C14H10BrN3O. The summed E-state index contributed by atoms with van der Waals surface area (Å²) < 4.78 is 6.68. The Morgan fingerprint density at radius 3 is 2.63 bits per heavy atom. The van der Waals surface area contributed by atoms with Gasteiger partial charge in [-0.1, -0.05) is 28.1 Å². The molecule has 0 amide bonds. The Balaban J connectivity index is 1.95. The molecule has 0 spiro atoms. The fourth-order valence-corrected chi connectivity index (χ4v) is 2.17. The fraction of sp³-hybridized carbons (Fsp3) is 0. The molecule has 0 radical (unpaired) electrons. The van der Waals surface area contributed by atoms with Crippen molar-refractivity contribution in [2.45, 2.75) is 0 Å². The molecule has 0 aliphatic heterocycles. The van der Waals surface area contributed by atoms with Gasteiger partial charge < -0.3 is 10.5 Å². The lowest BCUT2D eigenvalue weighted by Gasteiger charge is -2.06. The first-order chi connectivity index (χ1) is 9.20. The number of nitrogens with two attached hydrogens (primary N) is 1. The summed E-state index contributed by atoms with van der Waals surface area (Å²) in [6.45, 7) is 0. The normalized spacial score (nSPS) is 10.6. The number of aromatic nitrogens is 2. The van der Waals surface area contributed by atoms with Crippen LogP contribution in [-0.4, -0.2) is 9.97 Å². The van der Waals surface area contributed by atoms with E-state index in [2.05, 4.69) is 32.0 Å². The maximum Gasteiger partial charge on any atom is 0.239 e. The molecule has 0 saturated heterocycles. The van der Waals surface area contributed by atoms with Crippen LogP contribution in [0.25, 0.3) is 10.8 Å². The van der Waals surface area contributed by atoms with Crippen LogP contribution in [0.5, 0.6) is 11.6 Å². The lowest BCUT2D eigenvalue weighted by atomic mass is 10.1. The van der Waals surface area contributed by atoms with Gasteiger partial charge in [-0.3, -0.25) is 4.98 Å². The summed E-state index contributed by atoms with van der Waals surface area (Å²) >= 11 is 3.45. The second-order valence-corrected chi connectivity index (χ2v) is 4.95. The standard InChI is InChI=1S/C14H10BrN3O/c15-11-3-1-10-6-12(4-2-9(10)5-11)19-14-8-17-7-13(16)18-14/h1-8H,(H2,16,18). The summed E-state index contributed by atoms with van der Waals surface area (Å²) in [4.78, 5) is 7.98. The van der Waals surface area contributed by atoms with E-state index in [4.69, 9.17) is 10.5 Å². The van der Waals surface area contributed by atoms with Crippen LogP contribution in [0.4, 0.5) is 5.82 Å². The molecule has 5 heteroatoms. The van der Waals surface area contributed by atoms with Gasteiger partial charge in [0.15, 0.2) is 0 Å². The third-order valence-corrected chi connectivity index (χ3v) is 3.12. The molecule has 0 unspecified atom stereocenters. The summed E-state index contributed by atoms with van der Waals surface area (Å²) in [6, 6.07) is 11.9. The van der Waals surface area contributed by atoms with Crippen molar-refractivity contribution < 1.29 is 4.74 Å². The van der Waals surface area contributed by atoms with Crippen molar-refractivity contribution in [2.24, 2.45) is 0 Å². The van der Waals surface area contributed by atoms with Gasteiger partial charge in [0.25, 0.3) is 0 Å². The number of nitrogen functional groups attached to an aromatic ring is 1. The second-order valence-electron chi connectivity index (χ2n) is 4.04. The first kappa shape index (κ1) is 11.9. The van der Waals surface area contributed by atoms with Gasteiger partial charge in [-0.05, 0) is 35.0 Å². The molecule has 19 heavy (non-hydrogen) atoms. The van der Waals surface area contributed by atoms with Crippen molar-refractivity contribution in [3.05, 3.63) is 53.3 Å². The van der Waals surface area contributed by atoms with Crippen LogP contribution in [0.15, 0.2) is 53.3 Å². The smallest absolute Gasteiger partial charge is 0.239 e. The van der Waals surface area contributed by atoms with Crippen molar-refractivity contribution in [1.82, 2.24) is 9.97 Å². The predicted octanol–water partition coefficient (Wildman–Crippen LogP) is 3.77. The van der Waals surface area contributed by atoms with Crippen LogP contribution >= 0.6 is 15.9 Å². The highest BCUT2D eigenvalue weighted by atomic mass is 79.9. The van der Waals surface area contributed by atoms with E-state index in [0.717, 1.165) is 15.2 Å². The van der Waals surface area contributed by atoms with E-state index in [1.54, 1.807) is 0 Å². The number of rotatable bonds is 2. The minimum absolute atomic E-state index is 0.335. The van der Waals surface area contributed by atoms with Crippen molar-refractivity contribution in [3.8, 4) is 11.6 Å². The van der Waals surface area contributed by atoms with Gasteiger partial charge in [-0.15, -0.1) is 0 Å². The Morgan fingerprint density at radius 1 is 1.00 bits per heavy atom. The fourth-order valence-electron chi connectivity index (χ4n) is 1.79. The molecule has 4 nitrogen and oxygen atoms in total. The van der Waals surface area contributed by atoms with Crippen LogP contribution in [0.3, 0.4) is 0 Å². The van der Waals surface area contributed by atoms with Crippen molar-refractivity contribution in [1.29, 1.82) is 0 Å². The van der Waals surface area contributed by atoms with E-state index in [-0.39, 0.29) is 0 Å². The minimum Gasteiger partial charge on any atom is -0.437 e. The maximum absolute atomic E-state index is 5.63. The molecule has 3 aromatic rings. The van der Waals surface area contributed by atoms with Gasteiger partial charge in [0, 0.05) is 4.47 Å². The summed E-state index contributed by atoms with van der Waals surface area (Å²) in [5.74, 6) is 1.42. The molecule has 0 bridgehead atoms. The van der Waals surface area contributed by atoms with E-state index in [9.17, 15) is 0 Å². The maximum atomic E-state index is 5.63. The van der Waals surface area contributed by atoms with Gasteiger partial charge in [0.1, 0.15) is 11.6 Å². The Hall–Kier alpha value is -2.14. The van der Waals surface area contributed by atoms with Gasteiger partial charge in [0.05, 0.1) is 12.4 Å². The molecule has 1 aromatic heterocycles. The van der Waals surface area contributed by atoms with E-state index in [0.29, 0.717) is 17.4 Å². The van der Waals surface area contributed by atoms with Crippen molar-refractivity contribution >= 4 is 32.5 Å². The van der Waals surface area contributed by atoms with Crippen LogP contribution in [0.2, 0.25) is 0 Å². The first-order valence-electron chi connectivity index (χ1n) is 5.65. The molecule has 3 rings (SSSR count). The van der Waals surface area contributed by atoms with Crippen LogP contribution < -0.4 is 10.5 Å². The van der Waals surface area contributed by atoms with Gasteiger partial charge in [0.2, 0.25) is 5.88 Å². The number of ether oxygens (including phenoxy) is 1. The molecule has 1 heterocycles. The van der Waals surface area contributed by atoms with Crippen LogP contribution in [-0.2, 0) is 0 Å². The number of hydrogen-bond acceptors (Lipinski definition) is 4. The molecule has 0 aliphatic carbocycles. The number of benzene rings is 2. The Kier molecular flexibility index (Phi) is 3.05. The van der Waals surface area contributed by atoms with Crippen LogP contribution in [0.1, 0.15) is 0 Å². The number of anilines is 1. The van der Waals surface area contributed by atoms with E-state index in [1.165, 1.54) is 12.4 Å². The number of fused-ring (bicyclic) bond motifs is 1. The minimum atomic E-state index is 0.335. The number of halogens is 1. The average molecular weight is 316 g/mol. The zero-order valence-electron chi connectivity index (χ0n) is 9.88. The molecular weight excluding hydrogens is 306 g/mol. The van der Waals surface area contributed by atoms with Gasteiger partial charge >= 0.3 is 0 Å². The lowest BCUT2D eigenvalue weighted by molar-refractivity contribution is 0.462. The SMILES string of the molecule is Nc1cncc(Oc2ccc3cc(Br)ccc3c2)n1. The largest absolute Gasteiger partial charge is 0.437 e. The molecule has 0 fully saturated rings. The van der Waals surface area contributed by atoms with E-state index in [1.807, 2.05) is 30.3 Å². The molecule has 2 N–H and O–H groups in total. The molecule has 0 saturated carbocycles. The Bertz CT molecular complexity index is 746. The van der Waals surface area contributed by atoms with E-state index < -0.39 is 0 Å². The molecule has 2 aromatic carbocycles. The Morgan fingerprint density at radius 2 is 1.79 bits per heavy atom. The van der Waals surface area contributed by atoms with Gasteiger partial charge in [-0.25, -0.2) is 0 Å². The quantitative estimate of drug-likeness (QED) is 0.782. The summed E-state index contributed by atoms with van der Waals surface area (Å²) in [5.41, 5.74) is 5.56. The highest BCUT2D eigenvalue weighted by molar-refractivity contribution is 9.10. The third-order valence-electron chi connectivity index (χ3n) is 2.63. The predicted molar refractivity (Wildman–Crippen MR) is 78.2 cm³/mol. The van der Waals surface area contributed by atoms with E-state index >= 15 is 0 Å². The zero-order valence-corrected chi connectivity index (χ0v) is 11.5. The third kappa shape index (κ3) is 2.66. The zero-order chi connectivity index (χ0) is 13.2. The van der Waals surface area contributed by atoms with Crippen molar-refractivity contribution in [2.75, 3.05) is 5.73 Å². The highest BCUT2D eigenvalue weighted by Gasteiger charge is 2.02. The number of hydrogen-bond donors (Lipinski definition) is 1. The summed E-state index contributed by atoms with van der Waals surface area (Å²) in [5, 5.41) is 2.23. The molecule has 0 aliphatic rings. The summed E-state index contributed by atoms with van der Waals surface area (Å²) in [6.07, 6.45) is 3.01. The van der Waals surface area contributed by atoms with Crippen LogP contribution in [0, 0.1) is 0 Å². The number of nitrogens with zero attached hydrogens (tertiary/aromatic N) is 2. The molecule has 0 atom stereocenters. The topological polar surface area (TPSA) is 61.0 Å². The van der Waals surface area contributed by atoms with Crippen molar-refractivity contribution in [3.63, 3.8) is 0 Å². The lowest BCUT2D eigenvalue weighted by Crippen LogP contribution is -1.94. The summed E-state index contributed by atoms with van der Waals surface area (Å²) in [7, 11) is 0. The Labute approximate surface area is 118 Å². The average Bonchev–Trinajstić information content (AvgIpc) is 2.39. The molecule has 94 valence electrons.